The van der Waals surface area contributed by atoms with E-state index < -0.39 is 5.60 Å². The summed E-state index contributed by atoms with van der Waals surface area (Å²) in [6.07, 6.45) is 1.70. The Morgan fingerprint density at radius 3 is 2.61 bits per heavy atom. The molecule has 0 bridgehead atoms. The fourth-order valence-electron chi connectivity index (χ4n) is 1.68. The number of aliphatic hydroxyl groups is 1. The highest BCUT2D eigenvalue weighted by Gasteiger charge is 2.22. The summed E-state index contributed by atoms with van der Waals surface area (Å²) in [5.41, 5.74) is 0.811. The number of hydrogen-bond acceptors (Lipinski definition) is 4. The van der Waals surface area contributed by atoms with Crippen LogP contribution in [0.4, 0.5) is 5.95 Å². The number of rotatable bonds is 4. The maximum atomic E-state index is 10.4. The van der Waals surface area contributed by atoms with E-state index in [2.05, 4.69) is 15.3 Å². The average Bonchev–Trinajstić information content (AvgIpc) is 2.38. The van der Waals surface area contributed by atoms with Gasteiger partial charge in [0, 0.05) is 11.9 Å². The molecule has 0 amide bonds. The summed E-state index contributed by atoms with van der Waals surface area (Å²) in [7, 11) is 0. The highest BCUT2D eigenvalue weighted by atomic mass is 16.3. The van der Waals surface area contributed by atoms with Crippen molar-refractivity contribution in [3.05, 3.63) is 53.9 Å². The van der Waals surface area contributed by atoms with Crippen molar-refractivity contribution in [3.63, 3.8) is 0 Å². The monoisotopic (exact) mass is 243 g/mol. The Morgan fingerprint density at radius 1 is 1.22 bits per heavy atom. The van der Waals surface area contributed by atoms with Crippen molar-refractivity contribution >= 4 is 5.95 Å². The summed E-state index contributed by atoms with van der Waals surface area (Å²) in [6.45, 7) is 4.04. The first-order valence-electron chi connectivity index (χ1n) is 5.89. The van der Waals surface area contributed by atoms with Crippen LogP contribution in [0.1, 0.15) is 18.2 Å². The van der Waals surface area contributed by atoms with Crippen molar-refractivity contribution in [2.24, 2.45) is 0 Å². The minimum absolute atomic E-state index is 0.362. The van der Waals surface area contributed by atoms with E-state index in [9.17, 15) is 5.11 Å². The van der Waals surface area contributed by atoms with Gasteiger partial charge in [0.25, 0.3) is 0 Å². The number of benzene rings is 1. The number of anilines is 1. The van der Waals surface area contributed by atoms with Gasteiger partial charge >= 0.3 is 0 Å². The van der Waals surface area contributed by atoms with Gasteiger partial charge in [-0.2, -0.15) is 0 Å². The molecule has 94 valence electrons. The second-order valence-electron chi connectivity index (χ2n) is 4.52. The normalized spacial score (nSPS) is 13.9. The molecule has 1 atom stereocenters. The van der Waals surface area contributed by atoms with E-state index in [4.69, 9.17) is 0 Å². The molecule has 2 rings (SSSR count). The minimum atomic E-state index is -0.950. The van der Waals surface area contributed by atoms with Gasteiger partial charge in [0.1, 0.15) is 5.60 Å². The van der Waals surface area contributed by atoms with Gasteiger partial charge in [-0.15, -0.1) is 0 Å². The molecular weight excluding hydrogens is 226 g/mol. The molecule has 18 heavy (non-hydrogen) atoms. The van der Waals surface area contributed by atoms with Gasteiger partial charge in [-0.05, 0) is 25.5 Å². The molecule has 1 aromatic carbocycles. The van der Waals surface area contributed by atoms with Crippen molar-refractivity contribution in [2.45, 2.75) is 19.4 Å². The van der Waals surface area contributed by atoms with Gasteiger partial charge in [-0.3, -0.25) is 0 Å². The van der Waals surface area contributed by atoms with Crippen LogP contribution < -0.4 is 5.32 Å². The molecule has 2 N–H and O–H groups in total. The second kappa shape index (κ2) is 5.14. The van der Waals surface area contributed by atoms with E-state index in [0.29, 0.717) is 12.5 Å². The summed E-state index contributed by atoms with van der Waals surface area (Å²) < 4.78 is 0. The van der Waals surface area contributed by atoms with Crippen LogP contribution in [-0.2, 0) is 5.60 Å². The fraction of sp³-hybridized carbons (Fsp3) is 0.286. The Bertz CT molecular complexity index is 511. The van der Waals surface area contributed by atoms with Crippen molar-refractivity contribution in [2.75, 3.05) is 11.9 Å². The molecule has 0 radical (unpaired) electrons. The summed E-state index contributed by atoms with van der Waals surface area (Å²) in [6, 6.07) is 11.4. The molecule has 1 unspecified atom stereocenters. The SMILES string of the molecule is Cc1ccnc(NCC(C)(O)c2ccccc2)n1. The van der Waals surface area contributed by atoms with Crippen LogP contribution in [0.25, 0.3) is 0 Å². The Kier molecular flexibility index (Phi) is 3.58. The van der Waals surface area contributed by atoms with E-state index in [1.165, 1.54) is 0 Å². The summed E-state index contributed by atoms with van der Waals surface area (Å²) in [5, 5.41) is 13.5. The number of aromatic nitrogens is 2. The molecule has 0 saturated carbocycles. The molecule has 2 aromatic rings. The maximum Gasteiger partial charge on any atom is 0.222 e. The third-order valence-electron chi connectivity index (χ3n) is 2.78. The molecule has 1 aromatic heterocycles. The van der Waals surface area contributed by atoms with Crippen molar-refractivity contribution in [3.8, 4) is 0 Å². The molecule has 0 spiro atoms. The molecule has 0 aliphatic heterocycles. The van der Waals surface area contributed by atoms with E-state index in [0.717, 1.165) is 11.3 Å². The molecule has 1 heterocycles. The highest BCUT2D eigenvalue weighted by Crippen LogP contribution is 2.20. The highest BCUT2D eigenvalue weighted by molar-refractivity contribution is 5.29. The number of nitrogens with zero attached hydrogens (tertiary/aromatic N) is 2. The van der Waals surface area contributed by atoms with Crippen molar-refractivity contribution in [1.29, 1.82) is 0 Å². The Hall–Kier alpha value is -1.94. The first-order valence-corrected chi connectivity index (χ1v) is 5.89. The van der Waals surface area contributed by atoms with E-state index in [1.807, 2.05) is 43.3 Å². The second-order valence-corrected chi connectivity index (χ2v) is 4.52. The van der Waals surface area contributed by atoms with Crippen LogP contribution in [0.5, 0.6) is 0 Å². The lowest BCUT2D eigenvalue weighted by molar-refractivity contribution is 0.0713. The van der Waals surface area contributed by atoms with Crippen LogP contribution in [0.2, 0.25) is 0 Å². The largest absolute Gasteiger partial charge is 0.384 e. The predicted octanol–water partition coefficient (Wildman–Crippen LogP) is 2.10. The minimum Gasteiger partial charge on any atom is -0.384 e. The van der Waals surface area contributed by atoms with Crippen molar-refractivity contribution in [1.82, 2.24) is 9.97 Å². The van der Waals surface area contributed by atoms with Crippen molar-refractivity contribution < 1.29 is 5.11 Å². The van der Waals surface area contributed by atoms with Crippen LogP contribution >= 0.6 is 0 Å². The molecule has 0 aliphatic rings. The number of aryl methyl sites for hydroxylation is 1. The van der Waals surface area contributed by atoms with E-state index >= 15 is 0 Å². The lowest BCUT2D eigenvalue weighted by atomic mass is 9.96. The zero-order valence-corrected chi connectivity index (χ0v) is 10.6. The topological polar surface area (TPSA) is 58.0 Å². The zero-order chi connectivity index (χ0) is 13.0. The molecule has 4 nitrogen and oxygen atoms in total. The average molecular weight is 243 g/mol. The van der Waals surface area contributed by atoms with Crippen LogP contribution in [0.3, 0.4) is 0 Å². The molecule has 0 fully saturated rings. The lowest BCUT2D eigenvalue weighted by Crippen LogP contribution is -2.31. The van der Waals surface area contributed by atoms with Gasteiger partial charge in [-0.1, -0.05) is 30.3 Å². The van der Waals surface area contributed by atoms with Gasteiger partial charge in [0.05, 0.1) is 6.54 Å². The van der Waals surface area contributed by atoms with Gasteiger partial charge < -0.3 is 10.4 Å². The quantitative estimate of drug-likeness (QED) is 0.863. The standard InChI is InChI=1S/C14H17N3O/c1-11-8-9-15-13(17-11)16-10-14(2,18)12-6-4-3-5-7-12/h3-9,18H,10H2,1-2H3,(H,15,16,17). The molecule has 4 heteroatoms. The predicted molar refractivity (Wildman–Crippen MR) is 71.3 cm³/mol. The first kappa shape index (κ1) is 12.5. The molecule has 0 aliphatic carbocycles. The smallest absolute Gasteiger partial charge is 0.222 e. The van der Waals surface area contributed by atoms with Crippen LogP contribution in [-0.4, -0.2) is 21.6 Å². The van der Waals surface area contributed by atoms with Gasteiger partial charge in [-0.25, -0.2) is 9.97 Å². The van der Waals surface area contributed by atoms with Crippen LogP contribution in [0, 0.1) is 6.92 Å². The lowest BCUT2D eigenvalue weighted by Gasteiger charge is -2.24. The molecular formula is C14H17N3O. The van der Waals surface area contributed by atoms with E-state index in [-0.39, 0.29) is 0 Å². The Morgan fingerprint density at radius 2 is 1.94 bits per heavy atom. The summed E-state index contributed by atoms with van der Waals surface area (Å²) in [4.78, 5) is 8.34. The maximum absolute atomic E-state index is 10.4. The Labute approximate surface area is 107 Å². The van der Waals surface area contributed by atoms with Crippen LogP contribution in [0.15, 0.2) is 42.6 Å². The summed E-state index contributed by atoms with van der Waals surface area (Å²) >= 11 is 0. The molecule has 0 saturated heterocycles. The summed E-state index contributed by atoms with van der Waals surface area (Å²) in [5.74, 6) is 0.534. The third-order valence-corrected chi connectivity index (χ3v) is 2.78. The number of hydrogen-bond donors (Lipinski definition) is 2. The third kappa shape index (κ3) is 3.05. The van der Waals surface area contributed by atoms with Gasteiger partial charge in [0.15, 0.2) is 0 Å². The van der Waals surface area contributed by atoms with Gasteiger partial charge in [0.2, 0.25) is 5.95 Å². The number of nitrogens with one attached hydrogen (secondary N) is 1. The first-order chi connectivity index (χ1) is 8.58. The van der Waals surface area contributed by atoms with E-state index in [1.54, 1.807) is 13.1 Å². The zero-order valence-electron chi connectivity index (χ0n) is 10.6. The fourth-order valence-corrected chi connectivity index (χ4v) is 1.68. The Balaban J connectivity index is 2.05.